The standard InChI is InChI=1S/C13H19N5/c1-17(2)7-9-5-10(6-9)18-4-3-11-12(14)15-8-16-13(11)18/h3-4,8-10H,5-7H2,1-2H3,(H2,14,15,16). The van der Waals surface area contributed by atoms with Gasteiger partial charge in [-0.3, -0.25) is 0 Å². The van der Waals surface area contributed by atoms with Crippen molar-refractivity contribution in [3.63, 3.8) is 0 Å². The zero-order valence-electron chi connectivity index (χ0n) is 10.9. The lowest BCUT2D eigenvalue weighted by Gasteiger charge is -2.38. The van der Waals surface area contributed by atoms with E-state index in [0.717, 1.165) is 17.0 Å². The van der Waals surface area contributed by atoms with Crippen LogP contribution in [-0.2, 0) is 0 Å². The first-order chi connectivity index (χ1) is 8.65. The Morgan fingerprint density at radius 2 is 2.17 bits per heavy atom. The van der Waals surface area contributed by atoms with Crippen molar-refractivity contribution in [1.29, 1.82) is 0 Å². The van der Waals surface area contributed by atoms with Crippen molar-refractivity contribution in [3.05, 3.63) is 18.6 Å². The summed E-state index contributed by atoms with van der Waals surface area (Å²) in [5.41, 5.74) is 6.82. The molecule has 5 nitrogen and oxygen atoms in total. The summed E-state index contributed by atoms with van der Waals surface area (Å²) in [6.45, 7) is 1.17. The van der Waals surface area contributed by atoms with Crippen molar-refractivity contribution in [1.82, 2.24) is 19.4 Å². The van der Waals surface area contributed by atoms with E-state index >= 15 is 0 Å². The Morgan fingerprint density at radius 3 is 2.89 bits per heavy atom. The van der Waals surface area contributed by atoms with E-state index < -0.39 is 0 Å². The maximum atomic E-state index is 5.85. The van der Waals surface area contributed by atoms with Crippen molar-refractivity contribution < 1.29 is 0 Å². The van der Waals surface area contributed by atoms with Crippen LogP contribution in [0.5, 0.6) is 0 Å². The molecule has 1 aliphatic rings. The second-order valence-electron chi connectivity index (χ2n) is 5.47. The van der Waals surface area contributed by atoms with Gasteiger partial charge in [-0.05, 0) is 38.9 Å². The molecule has 5 heteroatoms. The molecule has 96 valence electrons. The van der Waals surface area contributed by atoms with Gasteiger partial charge in [-0.25, -0.2) is 9.97 Å². The third-order valence-electron chi connectivity index (χ3n) is 3.77. The van der Waals surface area contributed by atoms with Crippen molar-refractivity contribution in [2.24, 2.45) is 5.92 Å². The lowest BCUT2D eigenvalue weighted by atomic mass is 9.80. The maximum absolute atomic E-state index is 5.85. The second kappa shape index (κ2) is 4.24. The number of nitrogens with zero attached hydrogens (tertiary/aromatic N) is 4. The first-order valence-electron chi connectivity index (χ1n) is 6.37. The van der Waals surface area contributed by atoms with E-state index in [1.54, 1.807) is 6.33 Å². The SMILES string of the molecule is CN(C)CC1CC(n2ccc3c(N)ncnc32)C1. The van der Waals surface area contributed by atoms with E-state index in [4.69, 9.17) is 5.73 Å². The lowest BCUT2D eigenvalue weighted by Crippen LogP contribution is -2.33. The zero-order valence-corrected chi connectivity index (χ0v) is 10.9. The molecule has 0 aromatic carbocycles. The number of anilines is 1. The molecule has 1 saturated carbocycles. The van der Waals surface area contributed by atoms with Crippen LogP contribution in [0.4, 0.5) is 5.82 Å². The van der Waals surface area contributed by atoms with Crippen LogP contribution < -0.4 is 5.73 Å². The average Bonchev–Trinajstić information content (AvgIpc) is 2.67. The van der Waals surface area contributed by atoms with E-state index in [1.807, 2.05) is 6.07 Å². The highest BCUT2D eigenvalue weighted by molar-refractivity contribution is 5.86. The normalized spacial score (nSPS) is 23.5. The molecule has 0 atom stereocenters. The molecule has 0 amide bonds. The molecule has 0 spiro atoms. The minimum absolute atomic E-state index is 0.571. The highest BCUT2D eigenvalue weighted by Gasteiger charge is 2.31. The fourth-order valence-electron chi connectivity index (χ4n) is 2.88. The van der Waals surface area contributed by atoms with Gasteiger partial charge in [0, 0.05) is 18.8 Å². The molecule has 2 aromatic heterocycles. The van der Waals surface area contributed by atoms with E-state index in [-0.39, 0.29) is 0 Å². The number of aromatic nitrogens is 3. The molecule has 1 aliphatic carbocycles. The van der Waals surface area contributed by atoms with Crippen LogP contribution in [-0.4, -0.2) is 40.1 Å². The molecule has 18 heavy (non-hydrogen) atoms. The topological polar surface area (TPSA) is 60.0 Å². The number of rotatable bonds is 3. The van der Waals surface area contributed by atoms with Gasteiger partial charge >= 0.3 is 0 Å². The highest BCUT2D eigenvalue weighted by Crippen LogP contribution is 2.39. The summed E-state index contributed by atoms with van der Waals surface area (Å²) in [7, 11) is 4.26. The van der Waals surface area contributed by atoms with Crippen molar-refractivity contribution >= 4 is 16.9 Å². The Balaban J connectivity index is 1.79. The summed E-state index contributed by atoms with van der Waals surface area (Å²) in [5, 5.41) is 0.966. The molecule has 0 bridgehead atoms. The molecule has 0 unspecified atom stereocenters. The van der Waals surface area contributed by atoms with E-state index in [0.29, 0.717) is 11.9 Å². The van der Waals surface area contributed by atoms with Crippen LogP contribution in [0.15, 0.2) is 18.6 Å². The minimum Gasteiger partial charge on any atom is -0.383 e. The predicted molar refractivity (Wildman–Crippen MR) is 72.3 cm³/mol. The number of hydrogen-bond donors (Lipinski definition) is 1. The smallest absolute Gasteiger partial charge is 0.145 e. The molecule has 0 radical (unpaired) electrons. The number of nitrogens with two attached hydrogens (primary N) is 1. The van der Waals surface area contributed by atoms with E-state index in [2.05, 4.69) is 39.7 Å². The Labute approximate surface area is 107 Å². The second-order valence-corrected chi connectivity index (χ2v) is 5.47. The minimum atomic E-state index is 0.571. The number of fused-ring (bicyclic) bond motifs is 1. The Morgan fingerprint density at radius 1 is 1.39 bits per heavy atom. The fraction of sp³-hybridized carbons (Fsp3) is 0.538. The fourth-order valence-corrected chi connectivity index (χ4v) is 2.88. The van der Waals surface area contributed by atoms with Crippen molar-refractivity contribution in [2.75, 3.05) is 26.4 Å². The predicted octanol–water partition coefficient (Wildman–Crippen LogP) is 1.53. The summed E-state index contributed by atoms with van der Waals surface area (Å²) >= 11 is 0. The summed E-state index contributed by atoms with van der Waals surface area (Å²) in [4.78, 5) is 10.6. The van der Waals surface area contributed by atoms with Crippen LogP contribution >= 0.6 is 0 Å². The van der Waals surface area contributed by atoms with Crippen LogP contribution in [0.2, 0.25) is 0 Å². The van der Waals surface area contributed by atoms with Gasteiger partial charge < -0.3 is 15.2 Å². The molecule has 2 aromatic rings. The first-order valence-corrected chi connectivity index (χ1v) is 6.37. The van der Waals surface area contributed by atoms with Crippen LogP contribution in [0, 0.1) is 5.92 Å². The first kappa shape index (κ1) is 11.5. The van der Waals surface area contributed by atoms with Crippen molar-refractivity contribution in [3.8, 4) is 0 Å². The number of hydrogen-bond acceptors (Lipinski definition) is 4. The van der Waals surface area contributed by atoms with Gasteiger partial charge in [0.2, 0.25) is 0 Å². The molecule has 2 heterocycles. The van der Waals surface area contributed by atoms with Gasteiger partial charge in [0.15, 0.2) is 0 Å². The highest BCUT2D eigenvalue weighted by atomic mass is 15.1. The lowest BCUT2D eigenvalue weighted by molar-refractivity contribution is 0.159. The molecule has 0 saturated heterocycles. The summed E-state index contributed by atoms with van der Waals surface area (Å²) in [6.07, 6.45) is 6.09. The Hall–Kier alpha value is -1.62. The quantitative estimate of drug-likeness (QED) is 0.890. The van der Waals surface area contributed by atoms with Gasteiger partial charge in [-0.15, -0.1) is 0 Å². The van der Waals surface area contributed by atoms with E-state index in [1.165, 1.54) is 19.4 Å². The Bertz CT molecular complexity index is 554. The molecular formula is C13H19N5. The average molecular weight is 245 g/mol. The van der Waals surface area contributed by atoms with Gasteiger partial charge in [0.1, 0.15) is 17.8 Å². The molecule has 3 rings (SSSR count). The Kier molecular flexibility index (Phi) is 2.70. The largest absolute Gasteiger partial charge is 0.383 e. The molecule has 0 aliphatic heterocycles. The van der Waals surface area contributed by atoms with Gasteiger partial charge in [0.05, 0.1) is 5.39 Å². The molecule has 2 N–H and O–H groups in total. The van der Waals surface area contributed by atoms with E-state index in [9.17, 15) is 0 Å². The van der Waals surface area contributed by atoms with Gasteiger partial charge in [-0.1, -0.05) is 0 Å². The number of nitrogen functional groups attached to an aromatic ring is 1. The summed E-state index contributed by atoms with van der Waals surface area (Å²) in [5.74, 6) is 1.38. The summed E-state index contributed by atoms with van der Waals surface area (Å²) < 4.78 is 2.25. The van der Waals surface area contributed by atoms with Gasteiger partial charge in [0.25, 0.3) is 0 Å². The monoisotopic (exact) mass is 245 g/mol. The zero-order chi connectivity index (χ0) is 12.7. The van der Waals surface area contributed by atoms with Gasteiger partial charge in [-0.2, -0.15) is 0 Å². The maximum Gasteiger partial charge on any atom is 0.145 e. The summed E-state index contributed by atoms with van der Waals surface area (Å²) in [6, 6.07) is 2.59. The molecule has 1 fully saturated rings. The third-order valence-corrected chi connectivity index (χ3v) is 3.77. The molecular weight excluding hydrogens is 226 g/mol. The van der Waals surface area contributed by atoms with Crippen molar-refractivity contribution in [2.45, 2.75) is 18.9 Å². The van der Waals surface area contributed by atoms with Crippen LogP contribution in [0.25, 0.3) is 11.0 Å². The van der Waals surface area contributed by atoms with Crippen LogP contribution in [0.3, 0.4) is 0 Å². The third kappa shape index (κ3) is 1.84. The van der Waals surface area contributed by atoms with Crippen LogP contribution in [0.1, 0.15) is 18.9 Å².